The van der Waals surface area contributed by atoms with Crippen LogP contribution >= 0.6 is 15.9 Å². The monoisotopic (exact) mass is 296 g/mol. The van der Waals surface area contributed by atoms with Gasteiger partial charge in [-0.2, -0.15) is 0 Å². The predicted molar refractivity (Wildman–Crippen MR) is 67.8 cm³/mol. The summed E-state index contributed by atoms with van der Waals surface area (Å²) in [6.45, 7) is 0. The average Bonchev–Trinajstić information content (AvgIpc) is 3.05. The molecule has 4 bridgehead atoms. The molecular formula is C14H17BrO2. The van der Waals surface area contributed by atoms with Gasteiger partial charge in [-0.25, -0.2) is 0 Å². The van der Waals surface area contributed by atoms with Crippen molar-refractivity contribution in [3.63, 3.8) is 0 Å². The van der Waals surface area contributed by atoms with E-state index in [0.29, 0.717) is 29.0 Å². The Morgan fingerprint density at radius 2 is 2.00 bits per heavy atom. The van der Waals surface area contributed by atoms with Crippen molar-refractivity contribution < 1.29 is 9.90 Å². The molecule has 7 unspecified atom stereocenters. The van der Waals surface area contributed by atoms with Crippen LogP contribution in [-0.4, -0.2) is 16.4 Å². The van der Waals surface area contributed by atoms with E-state index in [1.54, 1.807) is 0 Å². The van der Waals surface area contributed by atoms with Crippen LogP contribution in [-0.2, 0) is 4.79 Å². The summed E-state index contributed by atoms with van der Waals surface area (Å²) in [5, 5.41) is 10.3. The van der Waals surface area contributed by atoms with Crippen LogP contribution in [0.3, 0.4) is 0 Å². The van der Waals surface area contributed by atoms with Crippen LogP contribution in [0.2, 0.25) is 0 Å². The molecule has 0 aromatic carbocycles. The van der Waals surface area contributed by atoms with Gasteiger partial charge in [0.25, 0.3) is 0 Å². The zero-order chi connectivity index (χ0) is 11.8. The molecule has 3 heteroatoms. The molecule has 0 heterocycles. The lowest BCUT2D eigenvalue weighted by atomic mass is 9.63. The number of carboxylic acid groups (broad SMARTS) is 1. The molecule has 0 radical (unpaired) electrons. The zero-order valence-corrected chi connectivity index (χ0v) is 11.3. The third-order valence-corrected chi connectivity index (χ3v) is 7.15. The largest absolute Gasteiger partial charge is 0.481 e. The molecule has 1 N–H and O–H groups in total. The number of carbonyl (C=O) groups is 1. The molecule has 0 aromatic rings. The number of halogens is 1. The van der Waals surface area contributed by atoms with Crippen molar-refractivity contribution >= 4 is 21.9 Å². The summed E-state index contributed by atoms with van der Waals surface area (Å²) in [6, 6.07) is 0. The molecule has 3 saturated carbocycles. The van der Waals surface area contributed by atoms with E-state index in [1.165, 1.54) is 12.8 Å². The van der Waals surface area contributed by atoms with Crippen LogP contribution < -0.4 is 0 Å². The second-order valence-electron chi connectivity index (χ2n) is 6.50. The second kappa shape index (κ2) is 3.17. The Bertz CT molecular complexity index is 418. The molecule has 4 aliphatic rings. The minimum atomic E-state index is -0.563. The smallest absolute Gasteiger partial charge is 0.310 e. The number of carboxylic acids is 1. The van der Waals surface area contributed by atoms with E-state index in [1.807, 2.05) is 0 Å². The lowest BCUT2D eigenvalue weighted by Gasteiger charge is -2.42. The molecule has 7 atom stereocenters. The highest BCUT2D eigenvalue weighted by molar-refractivity contribution is 9.09. The molecule has 0 amide bonds. The van der Waals surface area contributed by atoms with Crippen LogP contribution in [0.1, 0.15) is 19.3 Å². The van der Waals surface area contributed by atoms with Crippen LogP contribution in [0.25, 0.3) is 0 Å². The molecule has 0 aromatic heterocycles. The molecule has 4 rings (SSSR count). The fourth-order valence-electron chi connectivity index (χ4n) is 5.66. The van der Waals surface area contributed by atoms with Gasteiger partial charge in [0, 0.05) is 5.33 Å². The van der Waals surface area contributed by atoms with E-state index in [9.17, 15) is 9.90 Å². The molecule has 0 aliphatic heterocycles. The molecule has 4 aliphatic carbocycles. The standard InChI is InChI=1S/C14H17BrO2/c15-6-14(13(16)17)5-9-4-10(14)12-8-2-1-7(3-8)11(9)12/h1-2,7-12H,3-6H2,(H,16,17). The van der Waals surface area contributed by atoms with E-state index < -0.39 is 11.4 Å². The minimum absolute atomic E-state index is 0.425. The fourth-order valence-corrected chi connectivity index (χ4v) is 6.54. The van der Waals surface area contributed by atoms with Crippen molar-refractivity contribution in [2.24, 2.45) is 40.9 Å². The van der Waals surface area contributed by atoms with Crippen molar-refractivity contribution in [3.05, 3.63) is 12.2 Å². The van der Waals surface area contributed by atoms with E-state index in [-0.39, 0.29) is 0 Å². The number of aliphatic carboxylic acids is 1. The predicted octanol–water partition coefficient (Wildman–Crippen LogP) is 2.93. The van der Waals surface area contributed by atoms with Gasteiger partial charge in [0.05, 0.1) is 5.41 Å². The number of allylic oxidation sites excluding steroid dienone is 2. The summed E-state index contributed by atoms with van der Waals surface area (Å²) >= 11 is 3.49. The normalized spacial score (nSPS) is 57.7. The maximum absolute atomic E-state index is 11.7. The van der Waals surface area contributed by atoms with Gasteiger partial charge in [0.1, 0.15) is 0 Å². The summed E-state index contributed by atoms with van der Waals surface area (Å²) in [5.74, 6) is 3.51. The molecule has 0 saturated heterocycles. The van der Waals surface area contributed by atoms with Gasteiger partial charge >= 0.3 is 5.97 Å². The molecule has 0 spiro atoms. The maximum Gasteiger partial charge on any atom is 0.310 e. The first-order valence-corrected chi connectivity index (χ1v) is 7.77. The number of hydrogen-bond donors (Lipinski definition) is 1. The Labute approximate surface area is 110 Å². The summed E-state index contributed by atoms with van der Waals surface area (Å²) in [4.78, 5) is 11.7. The lowest BCUT2D eigenvalue weighted by molar-refractivity contribution is -0.153. The first-order chi connectivity index (χ1) is 8.17. The first kappa shape index (κ1) is 10.6. The van der Waals surface area contributed by atoms with Gasteiger partial charge in [-0.3, -0.25) is 4.79 Å². The van der Waals surface area contributed by atoms with E-state index in [4.69, 9.17) is 0 Å². The number of alkyl halides is 1. The summed E-state index contributed by atoms with van der Waals surface area (Å²) in [5.41, 5.74) is -0.454. The van der Waals surface area contributed by atoms with Gasteiger partial charge in [-0.05, 0) is 54.8 Å². The molecule has 17 heavy (non-hydrogen) atoms. The van der Waals surface area contributed by atoms with Gasteiger partial charge in [-0.15, -0.1) is 0 Å². The van der Waals surface area contributed by atoms with Gasteiger partial charge < -0.3 is 5.11 Å². The van der Waals surface area contributed by atoms with Crippen LogP contribution in [0.4, 0.5) is 0 Å². The van der Waals surface area contributed by atoms with E-state index >= 15 is 0 Å². The number of hydrogen-bond acceptors (Lipinski definition) is 1. The first-order valence-electron chi connectivity index (χ1n) is 6.65. The van der Waals surface area contributed by atoms with Gasteiger partial charge in [0.15, 0.2) is 0 Å². The Morgan fingerprint density at radius 1 is 1.29 bits per heavy atom. The Kier molecular flexibility index (Phi) is 1.98. The van der Waals surface area contributed by atoms with Gasteiger partial charge in [-0.1, -0.05) is 28.1 Å². The second-order valence-corrected chi connectivity index (χ2v) is 7.07. The Morgan fingerprint density at radius 3 is 2.65 bits per heavy atom. The molecule has 92 valence electrons. The van der Waals surface area contributed by atoms with Crippen molar-refractivity contribution in [1.29, 1.82) is 0 Å². The van der Waals surface area contributed by atoms with Crippen molar-refractivity contribution in [2.45, 2.75) is 19.3 Å². The van der Waals surface area contributed by atoms with Crippen LogP contribution in [0.15, 0.2) is 12.2 Å². The molecule has 2 nitrogen and oxygen atoms in total. The van der Waals surface area contributed by atoms with Crippen molar-refractivity contribution in [2.75, 3.05) is 5.33 Å². The van der Waals surface area contributed by atoms with Crippen LogP contribution in [0.5, 0.6) is 0 Å². The molecule has 3 fully saturated rings. The highest BCUT2D eigenvalue weighted by atomic mass is 79.9. The summed E-state index contributed by atoms with van der Waals surface area (Å²) in [6.07, 6.45) is 8.16. The van der Waals surface area contributed by atoms with Crippen LogP contribution in [0, 0.1) is 40.9 Å². The third-order valence-electron chi connectivity index (χ3n) is 6.15. The number of fused-ring (bicyclic) bond motifs is 9. The summed E-state index contributed by atoms with van der Waals surface area (Å²) < 4.78 is 0. The SMILES string of the molecule is O=C(O)C1(CBr)CC2CC1C1C3C=CC(C3)C21. The highest BCUT2D eigenvalue weighted by Gasteiger charge is 2.67. The minimum Gasteiger partial charge on any atom is -0.481 e. The Hall–Kier alpha value is -0.310. The topological polar surface area (TPSA) is 37.3 Å². The number of rotatable bonds is 2. The van der Waals surface area contributed by atoms with Gasteiger partial charge in [0.2, 0.25) is 0 Å². The Balaban J connectivity index is 1.75. The average molecular weight is 297 g/mol. The fraction of sp³-hybridized carbons (Fsp3) is 0.786. The lowest BCUT2D eigenvalue weighted by Crippen LogP contribution is -2.45. The third kappa shape index (κ3) is 1.06. The molecular weight excluding hydrogens is 280 g/mol. The van der Waals surface area contributed by atoms with E-state index in [2.05, 4.69) is 28.1 Å². The van der Waals surface area contributed by atoms with E-state index in [0.717, 1.165) is 18.3 Å². The zero-order valence-electron chi connectivity index (χ0n) is 9.68. The van der Waals surface area contributed by atoms with Crippen molar-refractivity contribution in [3.8, 4) is 0 Å². The van der Waals surface area contributed by atoms with Crippen molar-refractivity contribution in [1.82, 2.24) is 0 Å². The summed E-state index contributed by atoms with van der Waals surface area (Å²) in [7, 11) is 0. The maximum atomic E-state index is 11.7. The highest BCUT2D eigenvalue weighted by Crippen LogP contribution is 2.70. The quantitative estimate of drug-likeness (QED) is 0.483.